The number of carbonyl (C=O) groups is 1. The Labute approximate surface area is 123 Å². The van der Waals surface area contributed by atoms with Crippen LogP contribution in [-0.4, -0.2) is 28.9 Å². The molecule has 5 heteroatoms. The van der Waals surface area contributed by atoms with E-state index in [-0.39, 0.29) is 11.8 Å². The first-order valence-electron chi connectivity index (χ1n) is 6.38. The highest BCUT2D eigenvalue weighted by atomic mass is 35.5. The summed E-state index contributed by atoms with van der Waals surface area (Å²) >= 11 is 10.9. The van der Waals surface area contributed by atoms with E-state index in [1.807, 2.05) is 23.1 Å². The van der Waals surface area contributed by atoms with Crippen molar-refractivity contribution < 1.29 is 4.79 Å². The van der Waals surface area contributed by atoms with Gasteiger partial charge in [0.25, 0.3) is 0 Å². The van der Waals surface area contributed by atoms with E-state index in [0.29, 0.717) is 23.0 Å². The normalized spacial score (nSPS) is 19.2. The van der Waals surface area contributed by atoms with Crippen molar-refractivity contribution in [2.45, 2.75) is 19.3 Å². The Balaban J connectivity index is 1.98. The Morgan fingerprint density at radius 2 is 2.32 bits per heavy atom. The minimum Gasteiger partial charge on any atom is -0.393 e. The summed E-state index contributed by atoms with van der Waals surface area (Å²) in [6.07, 6.45) is 2.32. The van der Waals surface area contributed by atoms with E-state index in [9.17, 15) is 4.79 Å². The van der Waals surface area contributed by atoms with Crippen LogP contribution in [-0.2, 0) is 11.2 Å². The summed E-state index contributed by atoms with van der Waals surface area (Å²) in [4.78, 5) is 14.6. The first-order chi connectivity index (χ1) is 9.06. The maximum atomic E-state index is 12.2. The van der Waals surface area contributed by atoms with Gasteiger partial charge in [0.2, 0.25) is 5.91 Å². The first-order valence-corrected chi connectivity index (χ1v) is 7.16. The van der Waals surface area contributed by atoms with Crippen LogP contribution < -0.4 is 5.73 Å². The van der Waals surface area contributed by atoms with Crippen molar-refractivity contribution in [1.29, 1.82) is 0 Å². The van der Waals surface area contributed by atoms with Crippen molar-refractivity contribution in [2.75, 3.05) is 13.1 Å². The number of carbonyl (C=O) groups excluding carboxylic acids is 1. The van der Waals surface area contributed by atoms with Crippen LogP contribution >= 0.6 is 23.8 Å². The van der Waals surface area contributed by atoms with Crippen molar-refractivity contribution in [3.05, 3.63) is 34.9 Å². The lowest BCUT2D eigenvalue weighted by Gasteiger charge is -2.32. The maximum Gasteiger partial charge on any atom is 0.227 e. The van der Waals surface area contributed by atoms with Gasteiger partial charge in [-0.05, 0) is 30.5 Å². The zero-order valence-corrected chi connectivity index (χ0v) is 12.2. The number of hydrogen-bond donors (Lipinski definition) is 1. The van der Waals surface area contributed by atoms with Crippen LogP contribution in [0, 0.1) is 5.92 Å². The molecule has 1 aromatic rings. The second-order valence-electron chi connectivity index (χ2n) is 4.89. The predicted octanol–water partition coefficient (Wildman–Crippen LogP) is 2.41. The summed E-state index contributed by atoms with van der Waals surface area (Å²) in [6.45, 7) is 1.44. The third kappa shape index (κ3) is 3.91. The van der Waals surface area contributed by atoms with E-state index in [4.69, 9.17) is 29.6 Å². The van der Waals surface area contributed by atoms with Crippen LogP contribution in [0.4, 0.5) is 0 Å². The molecule has 1 unspecified atom stereocenters. The standard InChI is InChI=1S/C14H17ClN2OS/c15-12-5-1-3-10(7-12)8-13(18)17-6-2-4-11(9-17)14(16)19/h1,3,5,7,11H,2,4,6,8-9H2,(H2,16,19). The predicted molar refractivity (Wildman–Crippen MR) is 81.2 cm³/mol. The molecule has 0 radical (unpaired) electrons. The van der Waals surface area contributed by atoms with Crippen LogP contribution in [0.2, 0.25) is 5.02 Å². The summed E-state index contributed by atoms with van der Waals surface area (Å²) in [7, 11) is 0. The van der Waals surface area contributed by atoms with Crippen LogP contribution in [0.3, 0.4) is 0 Å². The van der Waals surface area contributed by atoms with Gasteiger partial charge < -0.3 is 10.6 Å². The molecular weight excluding hydrogens is 280 g/mol. The van der Waals surface area contributed by atoms with E-state index in [0.717, 1.165) is 24.9 Å². The molecule has 0 aromatic heterocycles. The molecule has 1 fully saturated rings. The number of thiocarbonyl (C=S) groups is 1. The van der Waals surface area contributed by atoms with Crippen molar-refractivity contribution in [2.24, 2.45) is 11.7 Å². The molecule has 102 valence electrons. The highest BCUT2D eigenvalue weighted by Crippen LogP contribution is 2.18. The fraction of sp³-hybridized carbons (Fsp3) is 0.429. The van der Waals surface area contributed by atoms with Crippen molar-refractivity contribution in [3.8, 4) is 0 Å². The molecule has 2 N–H and O–H groups in total. The smallest absolute Gasteiger partial charge is 0.227 e. The molecule has 0 bridgehead atoms. The fourth-order valence-corrected chi connectivity index (χ4v) is 2.77. The van der Waals surface area contributed by atoms with Crippen molar-refractivity contribution in [1.82, 2.24) is 4.90 Å². The lowest BCUT2D eigenvalue weighted by atomic mass is 9.97. The summed E-state index contributed by atoms with van der Waals surface area (Å²) in [5, 5.41) is 0.657. The number of benzene rings is 1. The number of piperidine rings is 1. The quantitative estimate of drug-likeness (QED) is 0.871. The zero-order chi connectivity index (χ0) is 13.8. The number of likely N-dealkylation sites (tertiary alicyclic amines) is 1. The van der Waals surface area contributed by atoms with Gasteiger partial charge in [0, 0.05) is 24.0 Å². The molecule has 1 aliphatic rings. The Kier molecular flexibility index (Phi) is 4.77. The number of nitrogens with zero attached hydrogens (tertiary/aromatic N) is 1. The van der Waals surface area contributed by atoms with Crippen molar-refractivity contribution in [3.63, 3.8) is 0 Å². The van der Waals surface area contributed by atoms with Gasteiger partial charge in [0.15, 0.2) is 0 Å². The topological polar surface area (TPSA) is 46.3 Å². The van der Waals surface area contributed by atoms with E-state index < -0.39 is 0 Å². The Morgan fingerprint density at radius 3 is 3.00 bits per heavy atom. The average molecular weight is 297 g/mol. The maximum absolute atomic E-state index is 12.2. The highest BCUT2D eigenvalue weighted by molar-refractivity contribution is 7.80. The summed E-state index contributed by atoms with van der Waals surface area (Å²) in [5.74, 6) is 0.273. The van der Waals surface area contributed by atoms with Crippen LogP contribution in [0.5, 0.6) is 0 Å². The largest absolute Gasteiger partial charge is 0.393 e. The van der Waals surface area contributed by atoms with Crippen molar-refractivity contribution >= 4 is 34.7 Å². The second-order valence-corrected chi connectivity index (χ2v) is 5.80. The lowest BCUT2D eigenvalue weighted by molar-refractivity contribution is -0.131. The molecule has 1 heterocycles. The molecule has 1 atom stereocenters. The number of amides is 1. The molecule has 1 aliphatic heterocycles. The van der Waals surface area contributed by atoms with Crippen LogP contribution in [0.1, 0.15) is 18.4 Å². The van der Waals surface area contributed by atoms with Crippen LogP contribution in [0.25, 0.3) is 0 Å². The number of nitrogens with two attached hydrogens (primary N) is 1. The third-order valence-corrected chi connectivity index (χ3v) is 3.99. The molecule has 1 amide bonds. The van der Waals surface area contributed by atoms with E-state index in [2.05, 4.69) is 0 Å². The zero-order valence-electron chi connectivity index (χ0n) is 10.6. The van der Waals surface area contributed by atoms with Gasteiger partial charge in [0.1, 0.15) is 0 Å². The van der Waals surface area contributed by atoms with Gasteiger partial charge in [-0.25, -0.2) is 0 Å². The molecule has 1 saturated heterocycles. The number of halogens is 1. The molecule has 3 nitrogen and oxygen atoms in total. The van der Waals surface area contributed by atoms with Gasteiger partial charge in [-0.15, -0.1) is 0 Å². The summed E-state index contributed by atoms with van der Waals surface area (Å²) < 4.78 is 0. The molecule has 0 saturated carbocycles. The Bertz CT molecular complexity index is 492. The van der Waals surface area contributed by atoms with Crippen LogP contribution in [0.15, 0.2) is 24.3 Å². The van der Waals surface area contributed by atoms with Gasteiger partial charge in [-0.1, -0.05) is 36.0 Å². The monoisotopic (exact) mass is 296 g/mol. The lowest BCUT2D eigenvalue weighted by Crippen LogP contribution is -2.44. The Hall–Kier alpha value is -1.13. The van der Waals surface area contributed by atoms with E-state index >= 15 is 0 Å². The average Bonchev–Trinajstić information content (AvgIpc) is 2.39. The molecule has 1 aromatic carbocycles. The van der Waals surface area contributed by atoms with Gasteiger partial charge in [0.05, 0.1) is 11.4 Å². The first kappa shape index (κ1) is 14.3. The highest BCUT2D eigenvalue weighted by Gasteiger charge is 2.25. The molecule has 2 rings (SSSR count). The minimum atomic E-state index is 0.114. The summed E-state index contributed by atoms with van der Waals surface area (Å²) in [6, 6.07) is 7.41. The minimum absolute atomic E-state index is 0.114. The molecule has 0 spiro atoms. The van der Waals surface area contributed by atoms with Gasteiger partial charge in [-0.3, -0.25) is 4.79 Å². The van der Waals surface area contributed by atoms with E-state index in [1.165, 1.54) is 0 Å². The second kappa shape index (κ2) is 6.35. The fourth-order valence-electron chi connectivity index (χ4n) is 2.37. The molecule has 19 heavy (non-hydrogen) atoms. The Morgan fingerprint density at radius 1 is 1.53 bits per heavy atom. The van der Waals surface area contributed by atoms with Gasteiger partial charge >= 0.3 is 0 Å². The van der Waals surface area contributed by atoms with E-state index in [1.54, 1.807) is 6.07 Å². The summed E-state index contributed by atoms with van der Waals surface area (Å²) in [5.41, 5.74) is 6.62. The van der Waals surface area contributed by atoms with Gasteiger partial charge in [-0.2, -0.15) is 0 Å². The number of rotatable bonds is 3. The number of hydrogen-bond acceptors (Lipinski definition) is 2. The molecule has 0 aliphatic carbocycles. The third-order valence-electron chi connectivity index (χ3n) is 3.42. The molecular formula is C14H17ClN2OS. The SMILES string of the molecule is NC(=S)C1CCCN(C(=O)Cc2cccc(Cl)c2)C1.